The second kappa shape index (κ2) is 16.9. The van der Waals surface area contributed by atoms with E-state index in [4.69, 9.17) is 14.2 Å². The van der Waals surface area contributed by atoms with Gasteiger partial charge in [-0.1, -0.05) is 100 Å². The molecule has 2 aliphatic heterocycles. The highest BCUT2D eigenvalue weighted by molar-refractivity contribution is 5.75. The highest BCUT2D eigenvalue weighted by Crippen LogP contribution is 2.44. The molecule has 0 amide bonds. The van der Waals surface area contributed by atoms with Crippen molar-refractivity contribution in [2.24, 2.45) is 0 Å². The minimum absolute atomic E-state index is 0.0207. The van der Waals surface area contributed by atoms with Crippen LogP contribution >= 0.6 is 0 Å². The third-order valence-corrected chi connectivity index (χ3v) is 10.8. The molecule has 11 nitrogen and oxygen atoms in total. The summed E-state index contributed by atoms with van der Waals surface area (Å²) in [6.45, 7) is 3.96. The molecule has 2 aliphatic rings. The van der Waals surface area contributed by atoms with E-state index < -0.39 is 64.7 Å². The van der Waals surface area contributed by atoms with Crippen LogP contribution in [0.4, 0.5) is 0 Å². The molecule has 2 heterocycles. The highest BCUT2D eigenvalue weighted by atomic mass is 16.6. The molecule has 7 atom stereocenters. The van der Waals surface area contributed by atoms with E-state index in [0.717, 1.165) is 24.0 Å². The van der Waals surface area contributed by atoms with E-state index in [1.165, 1.54) is 0 Å². The van der Waals surface area contributed by atoms with Gasteiger partial charge in [0.05, 0.1) is 31.0 Å². The van der Waals surface area contributed by atoms with E-state index in [1.54, 1.807) is 0 Å². The van der Waals surface area contributed by atoms with Gasteiger partial charge in [0, 0.05) is 23.7 Å². The molecule has 0 aromatic heterocycles. The third kappa shape index (κ3) is 10.1. The molecule has 11 heteroatoms. The Labute approximate surface area is 293 Å². The van der Waals surface area contributed by atoms with E-state index in [2.05, 4.69) is 0 Å². The number of aliphatic hydroxyl groups excluding tert-OH is 1. The quantitative estimate of drug-likeness (QED) is 0.0680. The zero-order valence-corrected chi connectivity index (χ0v) is 29.1. The van der Waals surface area contributed by atoms with E-state index in [0.29, 0.717) is 38.5 Å². The summed E-state index contributed by atoms with van der Waals surface area (Å²) < 4.78 is 16.4. The maximum absolute atomic E-state index is 12.6. The summed E-state index contributed by atoms with van der Waals surface area (Å²) in [6.07, 6.45) is 2.38. The first kappa shape index (κ1) is 39.0. The number of unbranched alkanes of at least 4 members (excludes halogenated alkanes) is 2. The van der Waals surface area contributed by atoms with Crippen molar-refractivity contribution < 1.29 is 53.8 Å². The molecule has 274 valence electrons. The Bertz CT molecular complexity index is 1430. The van der Waals surface area contributed by atoms with Crippen molar-refractivity contribution >= 4 is 24.4 Å². The maximum Gasteiger partial charge on any atom is 0.309 e. The number of carboxylic acids is 1. The van der Waals surface area contributed by atoms with Crippen LogP contribution in [0.25, 0.3) is 0 Å². The number of carboxylic acid groups (broad SMARTS) is 1. The van der Waals surface area contributed by atoms with Gasteiger partial charge in [-0.25, -0.2) is 0 Å². The third-order valence-electron chi connectivity index (χ3n) is 10.8. The number of carbonyl (C=O) groups is 4. The SMILES string of the molecule is CC(CCCCC(O)CCCCC(C)(c1ccccc1)C1CC(O)(CC(=O)O)CC(=O)O1)(c1ccccc1)C1CC(O)(COC=O)CC(=O)O1. The Balaban J connectivity index is 1.33. The predicted octanol–water partition coefficient (Wildman–Crippen LogP) is 4.91. The molecular weight excluding hydrogens is 644 g/mol. The summed E-state index contributed by atoms with van der Waals surface area (Å²) in [6, 6.07) is 19.3. The van der Waals surface area contributed by atoms with Crippen molar-refractivity contribution in [3.63, 3.8) is 0 Å². The highest BCUT2D eigenvalue weighted by Gasteiger charge is 2.50. The Morgan fingerprint density at radius 3 is 1.70 bits per heavy atom. The second-order valence-electron chi connectivity index (χ2n) is 14.9. The predicted molar refractivity (Wildman–Crippen MR) is 183 cm³/mol. The number of rotatable bonds is 19. The number of aliphatic carboxylic acids is 1. The molecule has 0 spiro atoms. The molecule has 0 aliphatic carbocycles. The van der Waals surface area contributed by atoms with Gasteiger partial charge in [0.25, 0.3) is 6.47 Å². The minimum Gasteiger partial charge on any atom is -0.481 e. The number of hydrogen-bond acceptors (Lipinski definition) is 10. The molecule has 4 N–H and O–H groups in total. The molecule has 4 rings (SSSR count). The lowest BCUT2D eigenvalue weighted by molar-refractivity contribution is -0.184. The van der Waals surface area contributed by atoms with Gasteiger partial charge in [-0.05, 0) is 36.8 Å². The van der Waals surface area contributed by atoms with Gasteiger partial charge in [-0.3, -0.25) is 19.2 Å². The van der Waals surface area contributed by atoms with Crippen molar-refractivity contribution in [3.8, 4) is 0 Å². The lowest BCUT2D eigenvalue weighted by atomic mass is 9.68. The summed E-state index contributed by atoms with van der Waals surface area (Å²) in [5.74, 6) is -2.33. The van der Waals surface area contributed by atoms with E-state index in [-0.39, 0.29) is 38.8 Å². The number of aliphatic hydroxyl groups is 3. The Kier molecular flexibility index (Phi) is 13.2. The monoisotopic (exact) mass is 696 g/mol. The van der Waals surface area contributed by atoms with Crippen LogP contribution in [0.1, 0.15) is 108 Å². The van der Waals surface area contributed by atoms with Crippen LogP contribution in [0.3, 0.4) is 0 Å². The number of esters is 2. The van der Waals surface area contributed by atoms with Gasteiger partial charge < -0.3 is 34.6 Å². The number of cyclic esters (lactones) is 2. The van der Waals surface area contributed by atoms with Crippen LogP contribution in [0.2, 0.25) is 0 Å². The summed E-state index contributed by atoms with van der Waals surface area (Å²) in [7, 11) is 0. The number of carbonyl (C=O) groups excluding carboxylic acids is 3. The first-order valence-corrected chi connectivity index (χ1v) is 17.6. The summed E-state index contributed by atoms with van der Waals surface area (Å²) in [5.41, 5.74) is -2.60. The summed E-state index contributed by atoms with van der Waals surface area (Å²) in [5, 5.41) is 42.4. The van der Waals surface area contributed by atoms with Crippen molar-refractivity contribution in [3.05, 3.63) is 71.8 Å². The standard InChI is InChI=1S/C39H52O11/c1-36(28-13-5-3-6-14-28,31-21-38(46,23-33(42)43)24-34(44)49-31)19-11-9-17-30(41)18-10-12-20-37(2,29-15-7-4-8-16-29)32-22-39(47,26-48-27-40)25-35(45)50-32/h3-8,13-16,27,30-32,41,46-47H,9-12,17-26H2,1-2H3,(H,42,43). The molecule has 0 bridgehead atoms. The summed E-state index contributed by atoms with van der Waals surface area (Å²) >= 11 is 0. The Hall–Kier alpha value is -3.80. The molecule has 50 heavy (non-hydrogen) atoms. The molecular formula is C39H52O11. The Morgan fingerprint density at radius 1 is 0.820 bits per heavy atom. The van der Waals surface area contributed by atoms with Crippen LogP contribution in [-0.2, 0) is 44.2 Å². The molecule has 2 fully saturated rings. The topological polar surface area (TPSA) is 177 Å². The number of hydrogen-bond donors (Lipinski definition) is 4. The molecule has 0 saturated carbocycles. The second-order valence-corrected chi connectivity index (χ2v) is 14.9. The average Bonchev–Trinajstić information content (AvgIpc) is 3.07. The normalized spacial score (nSPS) is 26.8. The van der Waals surface area contributed by atoms with Gasteiger partial charge in [0.2, 0.25) is 0 Å². The molecule has 2 saturated heterocycles. The fraction of sp³-hybridized carbons (Fsp3) is 0.590. The van der Waals surface area contributed by atoms with Crippen LogP contribution in [0.15, 0.2) is 60.7 Å². The van der Waals surface area contributed by atoms with Gasteiger partial charge in [0.1, 0.15) is 24.4 Å². The number of benzene rings is 2. The van der Waals surface area contributed by atoms with Crippen LogP contribution in [0, 0.1) is 0 Å². The van der Waals surface area contributed by atoms with Gasteiger partial charge in [-0.2, -0.15) is 0 Å². The fourth-order valence-corrected chi connectivity index (χ4v) is 7.79. The average molecular weight is 697 g/mol. The van der Waals surface area contributed by atoms with Gasteiger partial charge in [-0.15, -0.1) is 0 Å². The van der Waals surface area contributed by atoms with Crippen LogP contribution < -0.4 is 0 Å². The molecule has 2 aromatic rings. The zero-order chi connectivity index (χ0) is 36.4. The lowest BCUT2D eigenvalue weighted by Gasteiger charge is -2.44. The van der Waals surface area contributed by atoms with E-state index in [9.17, 15) is 39.6 Å². The van der Waals surface area contributed by atoms with Crippen molar-refractivity contribution in [2.75, 3.05) is 6.61 Å². The van der Waals surface area contributed by atoms with Crippen LogP contribution in [-0.4, -0.2) is 80.9 Å². The van der Waals surface area contributed by atoms with Gasteiger partial charge in [0.15, 0.2) is 0 Å². The zero-order valence-electron chi connectivity index (χ0n) is 29.1. The van der Waals surface area contributed by atoms with Crippen molar-refractivity contribution in [1.82, 2.24) is 0 Å². The van der Waals surface area contributed by atoms with Crippen molar-refractivity contribution in [1.29, 1.82) is 0 Å². The van der Waals surface area contributed by atoms with Crippen molar-refractivity contribution in [2.45, 2.75) is 138 Å². The Morgan fingerprint density at radius 2 is 1.26 bits per heavy atom. The smallest absolute Gasteiger partial charge is 0.309 e. The first-order valence-electron chi connectivity index (χ1n) is 17.6. The molecule has 7 unspecified atom stereocenters. The fourth-order valence-electron chi connectivity index (χ4n) is 7.79. The van der Waals surface area contributed by atoms with E-state index >= 15 is 0 Å². The van der Waals surface area contributed by atoms with Gasteiger partial charge >= 0.3 is 17.9 Å². The summed E-state index contributed by atoms with van der Waals surface area (Å²) in [4.78, 5) is 47.4. The maximum atomic E-state index is 12.6. The minimum atomic E-state index is -1.68. The first-order chi connectivity index (χ1) is 23.7. The van der Waals surface area contributed by atoms with E-state index in [1.807, 2.05) is 74.5 Å². The molecule has 2 aromatic carbocycles. The lowest BCUT2D eigenvalue weighted by Crippen LogP contribution is -2.53. The largest absolute Gasteiger partial charge is 0.481 e. The van der Waals surface area contributed by atoms with Crippen LogP contribution in [0.5, 0.6) is 0 Å². The molecule has 0 radical (unpaired) electrons. The number of ether oxygens (including phenoxy) is 3.